The lowest BCUT2D eigenvalue weighted by Crippen LogP contribution is -2.19. The van der Waals surface area contributed by atoms with E-state index in [1.807, 2.05) is 38.5 Å². The van der Waals surface area contributed by atoms with Crippen LogP contribution in [-0.2, 0) is 0 Å². The van der Waals surface area contributed by atoms with Crippen molar-refractivity contribution in [2.24, 2.45) is 0 Å². The summed E-state index contributed by atoms with van der Waals surface area (Å²) in [5.41, 5.74) is 22.2. The predicted molar refractivity (Wildman–Crippen MR) is 286 cm³/mol. The molecule has 0 saturated heterocycles. The van der Waals surface area contributed by atoms with Crippen LogP contribution in [-0.4, -0.2) is 9.97 Å². The van der Waals surface area contributed by atoms with Crippen molar-refractivity contribution in [3.63, 3.8) is 0 Å². The molecule has 4 aliphatic heterocycles. The van der Waals surface area contributed by atoms with Crippen molar-refractivity contribution >= 4 is 77.2 Å². The summed E-state index contributed by atoms with van der Waals surface area (Å²) >= 11 is 0. The highest BCUT2D eigenvalue weighted by atomic mass is 15.2. The van der Waals surface area contributed by atoms with Gasteiger partial charge in [0.15, 0.2) is 0 Å². The van der Waals surface area contributed by atoms with Gasteiger partial charge in [-0.25, -0.2) is 0 Å². The van der Waals surface area contributed by atoms with Crippen molar-refractivity contribution < 1.29 is 0 Å². The number of fused-ring (bicyclic) bond motifs is 10. The molecule has 0 spiro atoms. The van der Waals surface area contributed by atoms with Gasteiger partial charge < -0.3 is 9.80 Å². The second kappa shape index (κ2) is 14.8. The average molecular weight is 867 g/mol. The van der Waals surface area contributed by atoms with E-state index in [4.69, 9.17) is 4.98 Å². The van der Waals surface area contributed by atoms with E-state index in [1.54, 1.807) is 0 Å². The predicted octanol–water partition coefficient (Wildman–Crippen LogP) is 18.0. The summed E-state index contributed by atoms with van der Waals surface area (Å²) in [7, 11) is 0. The quantitative estimate of drug-likeness (QED) is 0.173. The lowest BCUT2D eigenvalue weighted by molar-refractivity contribution is 1.23. The van der Waals surface area contributed by atoms with Crippen LogP contribution in [0, 0.1) is 0 Å². The Balaban J connectivity index is 0.000000124. The van der Waals surface area contributed by atoms with Crippen LogP contribution in [0.15, 0.2) is 219 Å². The molecule has 0 radical (unpaired) electrons. The number of hydrogen-bond acceptors (Lipinski definition) is 4. The second-order valence-corrected chi connectivity index (χ2v) is 17.7. The van der Waals surface area contributed by atoms with Crippen LogP contribution in [0.5, 0.6) is 0 Å². The van der Waals surface area contributed by atoms with Crippen LogP contribution < -0.4 is 9.80 Å². The van der Waals surface area contributed by atoms with Crippen LogP contribution in [0.2, 0.25) is 0 Å². The summed E-state index contributed by atoms with van der Waals surface area (Å²) < 4.78 is 0. The van der Waals surface area contributed by atoms with Gasteiger partial charge in [-0.2, -0.15) is 0 Å². The molecule has 2 aromatic heterocycles. The van der Waals surface area contributed by atoms with Gasteiger partial charge in [0.2, 0.25) is 0 Å². The molecule has 16 rings (SSSR count). The molecule has 4 heteroatoms. The molecule has 318 valence electrons. The van der Waals surface area contributed by atoms with Gasteiger partial charge in [0, 0.05) is 62.4 Å². The van der Waals surface area contributed by atoms with Crippen LogP contribution in [0.1, 0.15) is 13.8 Å². The smallest absolute Gasteiger partial charge is 0.0949 e. The fraction of sp³-hybridized carbons (Fsp3) is 0.0312. The molecule has 68 heavy (non-hydrogen) atoms. The van der Waals surface area contributed by atoms with Crippen LogP contribution in [0.25, 0.3) is 110 Å². The van der Waals surface area contributed by atoms with E-state index in [0.29, 0.717) is 0 Å². The first kappa shape index (κ1) is 38.4. The zero-order valence-corrected chi connectivity index (χ0v) is 37.6. The van der Waals surface area contributed by atoms with Gasteiger partial charge in [0.05, 0.1) is 39.8 Å². The molecule has 4 nitrogen and oxygen atoms in total. The minimum Gasteiger partial charge on any atom is -0.308 e. The summed E-state index contributed by atoms with van der Waals surface area (Å²) in [4.78, 5) is 14.3. The Kier molecular flexibility index (Phi) is 8.38. The van der Waals surface area contributed by atoms with Crippen LogP contribution >= 0.6 is 0 Å². The summed E-state index contributed by atoms with van der Waals surface area (Å²) in [5, 5.41) is 10.3. The molecule has 0 bridgehead atoms. The standard InChI is InChI=1S/2C31H18N2.C2H6/c1-2-7-19(8-3-1)22-17-21-14-15-24-23-11-4-9-20-10-5-12-26(28(20)23)33-27-13-6-16-32-30(27)25(18-22)29(21)31(24)33;1-2-6-19(7-3-1)22-16-21-12-13-24-23-10-4-8-20-9-5-11-28(29(20)23)33-27-14-15-32-18-26(27)25(17-22)30(21)31(24)33;1-2/h2*1-18H;1-2H3. The van der Waals surface area contributed by atoms with E-state index in [-0.39, 0.29) is 0 Å². The zero-order chi connectivity index (χ0) is 45.0. The molecular formula is C64H42N4. The Morgan fingerprint density at radius 2 is 0.824 bits per heavy atom. The Morgan fingerprint density at radius 1 is 0.309 bits per heavy atom. The molecule has 12 aromatic rings. The normalized spacial score (nSPS) is 12.5. The highest BCUT2D eigenvalue weighted by Crippen LogP contribution is 2.61. The van der Waals surface area contributed by atoms with Crippen molar-refractivity contribution in [1.29, 1.82) is 0 Å². The van der Waals surface area contributed by atoms with E-state index in [2.05, 4.69) is 209 Å². The molecule has 0 saturated carbocycles. The van der Waals surface area contributed by atoms with Crippen molar-refractivity contribution in [2.75, 3.05) is 9.80 Å². The largest absolute Gasteiger partial charge is 0.308 e. The number of anilines is 6. The molecular weight excluding hydrogens is 825 g/mol. The molecule has 0 amide bonds. The Bertz CT molecular complexity index is 3790. The summed E-state index contributed by atoms with van der Waals surface area (Å²) in [6.45, 7) is 4.00. The van der Waals surface area contributed by atoms with Crippen molar-refractivity contribution in [3.05, 3.63) is 219 Å². The molecule has 0 unspecified atom stereocenters. The van der Waals surface area contributed by atoms with Crippen LogP contribution in [0.4, 0.5) is 34.1 Å². The van der Waals surface area contributed by atoms with E-state index in [9.17, 15) is 0 Å². The first-order valence-corrected chi connectivity index (χ1v) is 23.6. The average Bonchev–Trinajstić information content (AvgIpc) is 3.42. The highest BCUT2D eigenvalue weighted by Gasteiger charge is 2.36. The van der Waals surface area contributed by atoms with Gasteiger partial charge in [-0.1, -0.05) is 159 Å². The molecule has 4 aliphatic rings. The number of aromatic nitrogens is 2. The molecule has 0 atom stereocenters. The summed E-state index contributed by atoms with van der Waals surface area (Å²) in [5.74, 6) is 0. The summed E-state index contributed by atoms with van der Waals surface area (Å²) in [6.07, 6.45) is 5.84. The van der Waals surface area contributed by atoms with Crippen molar-refractivity contribution in [2.45, 2.75) is 13.8 Å². The molecule has 10 aromatic carbocycles. The second-order valence-electron chi connectivity index (χ2n) is 17.7. The van der Waals surface area contributed by atoms with Gasteiger partial charge >= 0.3 is 0 Å². The van der Waals surface area contributed by atoms with E-state index < -0.39 is 0 Å². The molecule has 0 N–H and O–H groups in total. The van der Waals surface area contributed by atoms with Gasteiger partial charge in [-0.15, -0.1) is 0 Å². The van der Waals surface area contributed by atoms with Crippen molar-refractivity contribution in [3.8, 4) is 66.9 Å². The minimum atomic E-state index is 1.04. The first-order valence-electron chi connectivity index (χ1n) is 23.6. The third-order valence-electron chi connectivity index (χ3n) is 14.3. The Hall–Kier alpha value is -8.86. The Morgan fingerprint density at radius 3 is 1.41 bits per heavy atom. The highest BCUT2D eigenvalue weighted by molar-refractivity contribution is 6.26. The SMILES string of the molecule is CC.c1ccc(-c2cc3c4c5c(ccc4c2)-c2cccc4cccc(c24)N5c2cccnc2-3)cc1.c1ccc(-c2cc3c4c5c(ccc4c2)-c2cccc4cccc(c24)N5c2ccncc2-3)cc1. The molecule has 0 fully saturated rings. The third kappa shape index (κ3) is 5.37. The molecule has 6 heterocycles. The topological polar surface area (TPSA) is 32.3 Å². The number of nitrogens with zero attached hydrogens (tertiary/aromatic N) is 4. The number of benzene rings is 10. The van der Waals surface area contributed by atoms with E-state index in [1.165, 1.54) is 133 Å². The fourth-order valence-corrected chi connectivity index (χ4v) is 11.6. The zero-order valence-electron chi connectivity index (χ0n) is 37.6. The number of hydrogen-bond donors (Lipinski definition) is 0. The Labute approximate surface area is 394 Å². The maximum absolute atomic E-state index is 4.91. The molecule has 0 aliphatic carbocycles. The van der Waals surface area contributed by atoms with Gasteiger partial charge in [0.1, 0.15) is 0 Å². The first-order chi connectivity index (χ1) is 33.8. The van der Waals surface area contributed by atoms with Gasteiger partial charge in [-0.3, -0.25) is 9.97 Å². The third-order valence-corrected chi connectivity index (χ3v) is 14.3. The number of pyridine rings is 2. The minimum absolute atomic E-state index is 1.04. The van der Waals surface area contributed by atoms with E-state index >= 15 is 0 Å². The maximum atomic E-state index is 4.91. The number of rotatable bonds is 2. The monoisotopic (exact) mass is 866 g/mol. The van der Waals surface area contributed by atoms with Crippen LogP contribution in [0.3, 0.4) is 0 Å². The fourth-order valence-electron chi connectivity index (χ4n) is 11.6. The van der Waals surface area contributed by atoms with E-state index in [0.717, 1.165) is 11.4 Å². The van der Waals surface area contributed by atoms with Gasteiger partial charge in [0.25, 0.3) is 0 Å². The lowest BCUT2D eigenvalue weighted by Gasteiger charge is -2.39. The maximum Gasteiger partial charge on any atom is 0.0949 e. The summed E-state index contributed by atoms with van der Waals surface area (Å²) in [6, 6.07) is 72.7. The van der Waals surface area contributed by atoms with Gasteiger partial charge in [-0.05, 0) is 115 Å². The lowest BCUT2D eigenvalue weighted by atomic mass is 9.82. The van der Waals surface area contributed by atoms with Crippen molar-refractivity contribution in [1.82, 2.24) is 9.97 Å².